The second-order valence-corrected chi connectivity index (χ2v) is 2.99. The zero-order valence-electron chi connectivity index (χ0n) is 7.25. The lowest BCUT2D eigenvalue weighted by molar-refractivity contribution is -0.167. The van der Waals surface area contributed by atoms with Gasteiger partial charge < -0.3 is 4.74 Å². The molecule has 0 saturated carbocycles. The van der Waals surface area contributed by atoms with Gasteiger partial charge in [0.1, 0.15) is 5.75 Å². The smallest absolute Gasteiger partial charge is 0.348 e. The van der Waals surface area contributed by atoms with Gasteiger partial charge in [0, 0.05) is 10.9 Å². The molecule has 0 heterocycles. The van der Waals surface area contributed by atoms with Crippen molar-refractivity contribution in [3.8, 4) is 5.75 Å². The van der Waals surface area contributed by atoms with Crippen LogP contribution in [0.2, 0.25) is 0 Å². The van der Waals surface area contributed by atoms with E-state index in [-0.39, 0.29) is 0 Å². The highest BCUT2D eigenvalue weighted by Gasteiger charge is 2.04. The maximum Gasteiger partial charge on any atom is 0.348 e. The van der Waals surface area contributed by atoms with Crippen LogP contribution in [0.5, 0.6) is 5.75 Å². The summed E-state index contributed by atoms with van der Waals surface area (Å²) in [6, 6.07) is 7.15. The molecule has 0 unspecified atom stereocenters. The van der Waals surface area contributed by atoms with Crippen molar-refractivity contribution < 1.29 is 18.3 Å². The lowest BCUT2D eigenvalue weighted by atomic mass is 10.2. The summed E-state index contributed by atoms with van der Waals surface area (Å²) in [5.41, 5.74) is 0.894. The van der Waals surface area contributed by atoms with Gasteiger partial charge in [-0.25, -0.2) is 0 Å². The standard InChI is InChI=1S/C9H9BrF2O2/c10-5-7-3-1-2-4-8(7)13-6-14-9(11)12/h1-4,9H,5-6H2. The van der Waals surface area contributed by atoms with Crippen molar-refractivity contribution in [3.63, 3.8) is 0 Å². The molecule has 14 heavy (non-hydrogen) atoms. The Kier molecular flexibility index (Phi) is 4.82. The van der Waals surface area contributed by atoms with E-state index in [1.807, 2.05) is 12.1 Å². The molecule has 0 bridgehead atoms. The van der Waals surface area contributed by atoms with Crippen LogP contribution < -0.4 is 4.74 Å². The first-order chi connectivity index (χ1) is 6.74. The molecule has 0 spiro atoms. The monoisotopic (exact) mass is 266 g/mol. The second kappa shape index (κ2) is 5.93. The maximum absolute atomic E-state index is 11.6. The van der Waals surface area contributed by atoms with E-state index in [1.165, 1.54) is 0 Å². The number of hydrogen-bond donors (Lipinski definition) is 0. The number of rotatable bonds is 5. The van der Waals surface area contributed by atoms with Crippen molar-refractivity contribution in [2.24, 2.45) is 0 Å². The summed E-state index contributed by atoms with van der Waals surface area (Å²) < 4.78 is 32.2. The van der Waals surface area contributed by atoms with Gasteiger partial charge in [0.25, 0.3) is 0 Å². The summed E-state index contributed by atoms with van der Waals surface area (Å²) in [4.78, 5) is 0. The van der Waals surface area contributed by atoms with E-state index in [2.05, 4.69) is 20.7 Å². The first-order valence-electron chi connectivity index (χ1n) is 3.90. The fraction of sp³-hybridized carbons (Fsp3) is 0.333. The van der Waals surface area contributed by atoms with Crippen LogP contribution in [-0.4, -0.2) is 13.4 Å². The Hall–Kier alpha value is -0.680. The van der Waals surface area contributed by atoms with Crippen LogP contribution in [0.4, 0.5) is 8.78 Å². The van der Waals surface area contributed by atoms with E-state index >= 15 is 0 Å². The van der Waals surface area contributed by atoms with Gasteiger partial charge in [0.05, 0.1) is 0 Å². The van der Waals surface area contributed by atoms with E-state index in [9.17, 15) is 8.78 Å². The summed E-state index contributed by atoms with van der Waals surface area (Å²) >= 11 is 3.26. The van der Waals surface area contributed by atoms with Gasteiger partial charge in [-0.2, -0.15) is 8.78 Å². The first kappa shape index (κ1) is 11.4. The average molecular weight is 267 g/mol. The molecule has 1 aromatic rings. The van der Waals surface area contributed by atoms with Gasteiger partial charge in [0.15, 0.2) is 6.79 Å². The van der Waals surface area contributed by atoms with E-state index in [4.69, 9.17) is 4.74 Å². The third-order valence-electron chi connectivity index (χ3n) is 1.53. The molecule has 0 aliphatic heterocycles. The fourth-order valence-corrected chi connectivity index (χ4v) is 1.37. The predicted octanol–water partition coefficient (Wildman–Crippen LogP) is 3.16. The Labute approximate surface area is 89.0 Å². The van der Waals surface area contributed by atoms with Crippen LogP contribution in [0, 0.1) is 0 Å². The normalized spacial score (nSPS) is 10.6. The molecular formula is C9H9BrF2O2. The molecule has 0 atom stereocenters. The SMILES string of the molecule is FC(F)OCOc1ccccc1CBr. The lowest BCUT2D eigenvalue weighted by Crippen LogP contribution is -2.07. The fourth-order valence-electron chi connectivity index (χ4n) is 0.904. The average Bonchev–Trinajstić information content (AvgIpc) is 2.18. The zero-order chi connectivity index (χ0) is 10.4. The third kappa shape index (κ3) is 3.59. The Balaban J connectivity index is 2.49. The van der Waals surface area contributed by atoms with Crippen LogP contribution >= 0.6 is 15.9 Å². The van der Waals surface area contributed by atoms with Gasteiger partial charge in [-0.1, -0.05) is 34.1 Å². The first-order valence-corrected chi connectivity index (χ1v) is 5.02. The number of alkyl halides is 3. The highest BCUT2D eigenvalue weighted by Crippen LogP contribution is 2.20. The van der Waals surface area contributed by atoms with E-state index < -0.39 is 13.4 Å². The molecule has 0 saturated heterocycles. The molecular weight excluding hydrogens is 258 g/mol. The molecule has 0 aliphatic rings. The Morgan fingerprint density at radius 3 is 2.64 bits per heavy atom. The van der Waals surface area contributed by atoms with E-state index in [1.54, 1.807) is 12.1 Å². The van der Waals surface area contributed by atoms with E-state index in [0.29, 0.717) is 11.1 Å². The lowest BCUT2D eigenvalue weighted by Gasteiger charge is -2.09. The molecule has 0 aromatic heterocycles. The molecule has 0 aliphatic carbocycles. The number of halogens is 3. The minimum absolute atomic E-state index is 0.443. The van der Waals surface area contributed by atoms with Gasteiger partial charge in [-0.15, -0.1) is 0 Å². The predicted molar refractivity (Wildman–Crippen MR) is 51.7 cm³/mol. The van der Waals surface area contributed by atoms with Crippen molar-refractivity contribution >= 4 is 15.9 Å². The van der Waals surface area contributed by atoms with Gasteiger partial charge >= 0.3 is 6.61 Å². The third-order valence-corrected chi connectivity index (χ3v) is 2.13. The molecule has 0 amide bonds. The van der Waals surface area contributed by atoms with Crippen LogP contribution in [0.3, 0.4) is 0 Å². The topological polar surface area (TPSA) is 18.5 Å². The van der Waals surface area contributed by atoms with Crippen LogP contribution in [0.1, 0.15) is 5.56 Å². The molecule has 5 heteroatoms. The van der Waals surface area contributed by atoms with Gasteiger partial charge in [0.2, 0.25) is 0 Å². The number of hydrogen-bond acceptors (Lipinski definition) is 2. The Morgan fingerprint density at radius 2 is 2.00 bits per heavy atom. The quantitative estimate of drug-likeness (QED) is 0.602. The minimum Gasteiger partial charge on any atom is -0.467 e. The van der Waals surface area contributed by atoms with Crippen LogP contribution in [0.25, 0.3) is 0 Å². The van der Waals surface area contributed by atoms with Crippen LogP contribution in [0.15, 0.2) is 24.3 Å². The molecule has 1 rings (SSSR count). The molecule has 0 N–H and O–H groups in total. The Bertz CT molecular complexity index is 281. The molecule has 78 valence electrons. The van der Waals surface area contributed by atoms with Crippen molar-refractivity contribution in [2.45, 2.75) is 11.9 Å². The summed E-state index contributed by atoms with van der Waals surface area (Å²) in [6.45, 7) is -3.24. The van der Waals surface area contributed by atoms with Gasteiger partial charge in [-0.3, -0.25) is 4.74 Å². The highest BCUT2D eigenvalue weighted by molar-refractivity contribution is 9.08. The Morgan fingerprint density at radius 1 is 1.29 bits per heavy atom. The largest absolute Gasteiger partial charge is 0.467 e. The van der Waals surface area contributed by atoms with Crippen molar-refractivity contribution in [2.75, 3.05) is 6.79 Å². The van der Waals surface area contributed by atoms with Gasteiger partial charge in [-0.05, 0) is 6.07 Å². The summed E-state index contributed by atoms with van der Waals surface area (Å²) in [5.74, 6) is 0.546. The highest BCUT2D eigenvalue weighted by atomic mass is 79.9. The maximum atomic E-state index is 11.6. The summed E-state index contributed by atoms with van der Waals surface area (Å²) in [7, 11) is 0. The van der Waals surface area contributed by atoms with Crippen LogP contribution in [-0.2, 0) is 10.1 Å². The van der Waals surface area contributed by atoms with E-state index in [0.717, 1.165) is 5.56 Å². The zero-order valence-corrected chi connectivity index (χ0v) is 8.84. The van der Waals surface area contributed by atoms with Crippen molar-refractivity contribution in [1.82, 2.24) is 0 Å². The number of ether oxygens (including phenoxy) is 2. The molecule has 0 radical (unpaired) electrons. The summed E-state index contributed by atoms with van der Waals surface area (Å²) in [6.07, 6.45) is 0. The minimum atomic E-state index is -2.80. The van der Waals surface area contributed by atoms with Crippen molar-refractivity contribution in [3.05, 3.63) is 29.8 Å². The molecule has 1 aromatic carbocycles. The summed E-state index contributed by atoms with van der Waals surface area (Å²) in [5, 5.41) is 0.609. The number of para-hydroxylation sites is 1. The molecule has 2 nitrogen and oxygen atoms in total. The van der Waals surface area contributed by atoms with Crippen molar-refractivity contribution in [1.29, 1.82) is 0 Å². The second-order valence-electron chi connectivity index (χ2n) is 2.43. The number of benzene rings is 1. The molecule has 0 fully saturated rings.